The van der Waals surface area contributed by atoms with Crippen molar-refractivity contribution < 1.29 is 1.37 Å². The van der Waals surface area contributed by atoms with Crippen molar-refractivity contribution in [3.05, 3.63) is 11.2 Å². The first-order valence-electron chi connectivity index (χ1n) is 9.23. The molecule has 0 spiro atoms. The van der Waals surface area contributed by atoms with E-state index in [0.717, 1.165) is 57.4 Å². The van der Waals surface area contributed by atoms with Crippen molar-refractivity contribution in [2.75, 3.05) is 37.4 Å². The smallest absolute Gasteiger partial charge is 0.226 e. The van der Waals surface area contributed by atoms with E-state index >= 15 is 0 Å². The SMILES string of the molecule is [2H]C1CCC(Nc2nc(Cl)cc(N3CCC(N(C)C)CC3)n2)CC1. The summed E-state index contributed by atoms with van der Waals surface area (Å²) in [4.78, 5) is 13.7. The van der Waals surface area contributed by atoms with E-state index in [1.807, 2.05) is 6.07 Å². The molecule has 2 aliphatic rings. The predicted molar refractivity (Wildman–Crippen MR) is 96.5 cm³/mol. The van der Waals surface area contributed by atoms with E-state index in [9.17, 15) is 0 Å². The Labute approximate surface area is 145 Å². The molecule has 1 aliphatic carbocycles. The van der Waals surface area contributed by atoms with Gasteiger partial charge in [-0.1, -0.05) is 30.8 Å². The van der Waals surface area contributed by atoms with Crippen molar-refractivity contribution in [3.8, 4) is 0 Å². The largest absolute Gasteiger partial charge is 0.356 e. The van der Waals surface area contributed by atoms with Gasteiger partial charge in [-0.15, -0.1) is 0 Å². The van der Waals surface area contributed by atoms with E-state index in [4.69, 9.17) is 18.0 Å². The van der Waals surface area contributed by atoms with Crippen molar-refractivity contribution in [2.45, 2.75) is 57.0 Å². The Morgan fingerprint density at radius 3 is 2.57 bits per heavy atom. The van der Waals surface area contributed by atoms with Crippen molar-refractivity contribution in [3.63, 3.8) is 0 Å². The summed E-state index contributed by atoms with van der Waals surface area (Å²) in [6.45, 7) is 2.00. The van der Waals surface area contributed by atoms with Crippen LogP contribution in [-0.2, 0) is 0 Å². The minimum Gasteiger partial charge on any atom is -0.356 e. The van der Waals surface area contributed by atoms with Crippen LogP contribution in [0.4, 0.5) is 11.8 Å². The number of piperidine rings is 1. The van der Waals surface area contributed by atoms with Crippen LogP contribution < -0.4 is 10.2 Å². The second-order valence-corrected chi connectivity index (χ2v) is 7.23. The highest BCUT2D eigenvalue weighted by Crippen LogP contribution is 2.25. The Balaban J connectivity index is 1.64. The second-order valence-electron chi connectivity index (χ2n) is 6.84. The lowest BCUT2D eigenvalue weighted by Crippen LogP contribution is -2.42. The third kappa shape index (κ3) is 4.48. The molecule has 0 aromatic carbocycles. The van der Waals surface area contributed by atoms with Gasteiger partial charge in [0.1, 0.15) is 11.0 Å². The fourth-order valence-electron chi connectivity index (χ4n) is 3.50. The molecule has 0 atom stereocenters. The molecule has 23 heavy (non-hydrogen) atoms. The summed E-state index contributed by atoms with van der Waals surface area (Å²) >= 11 is 6.23. The molecule has 1 aromatic rings. The van der Waals surface area contributed by atoms with E-state index < -0.39 is 0 Å². The van der Waals surface area contributed by atoms with Crippen molar-refractivity contribution in [1.29, 1.82) is 0 Å². The molecule has 0 amide bonds. The Kier molecular flexibility index (Phi) is 5.15. The van der Waals surface area contributed by atoms with Crippen LogP contribution in [0.25, 0.3) is 0 Å². The lowest BCUT2D eigenvalue weighted by molar-refractivity contribution is 0.249. The molecule has 1 saturated carbocycles. The number of anilines is 2. The van der Waals surface area contributed by atoms with Crippen LogP contribution in [0.1, 0.15) is 46.3 Å². The van der Waals surface area contributed by atoms with E-state index in [2.05, 4.69) is 34.2 Å². The minimum atomic E-state index is 0.0943. The average molecular weight is 339 g/mol. The maximum Gasteiger partial charge on any atom is 0.226 e. The first-order valence-corrected chi connectivity index (χ1v) is 9.04. The monoisotopic (exact) mass is 338 g/mol. The number of hydrogen-bond acceptors (Lipinski definition) is 5. The summed E-state index contributed by atoms with van der Waals surface area (Å²) < 4.78 is 7.80. The zero-order valence-electron chi connectivity index (χ0n) is 15.1. The molecule has 1 aromatic heterocycles. The van der Waals surface area contributed by atoms with Crippen LogP contribution in [0.15, 0.2) is 6.07 Å². The van der Waals surface area contributed by atoms with Gasteiger partial charge in [0.05, 0.1) is 0 Å². The van der Waals surface area contributed by atoms with E-state index in [1.54, 1.807) is 0 Å². The molecule has 2 heterocycles. The number of halogens is 1. The van der Waals surface area contributed by atoms with Gasteiger partial charge < -0.3 is 15.1 Å². The summed E-state index contributed by atoms with van der Waals surface area (Å²) in [5, 5.41) is 3.92. The Morgan fingerprint density at radius 1 is 1.22 bits per heavy atom. The second kappa shape index (κ2) is 7.67. The Morgan fingerprint density at radius 2 is 1.91 bits per heavy atom. The molecular weight excluding hydrogens is 310 g/mol. The molecule has 1 saturated heterocycles. The molecule has 0 radical (unpaired) electrons. The van der Waals surface area contributed by atoms with Crippen LogP contribution in [0.5, 0.6) is 0 Å². The quantitative estimate of drug-likeness (QED) is 0.852. The van der Waals surface area contributed by atoms with Gasteiger partial charge in [-0.25, -0.2) is 4.98 Å². The maximum absolute atomic E-state index is 7.80. The number of hydrogen-bond donors (Lipinski definition) is 1. The van der Waals surface area contributed by atoms with Gasteiger partial charge in [-0.05, 0) is 39.8 Å². The van der Waals surface area contributed by atoms with Gasteiger partial charge in [-0.2, -0.15) is 4.98 Å². The molecular formula is C17H28ClN5. The van der Waals surface area contributed by atoms with Gasteiger partial charge in [0.2, 0.25) is 5.95 Å². The molecule has 0 unspecified atom stereocenters. The molecule has 3 rings (SSSR count). The highest BCUT2D eigenvalue weighted by Gasteiger charge is 2.22. The standard InChI is InChI=1S/C17H28ClN5/c1-22(2)14-8-10-23(11-9-14)16-12-15(18)20-17(21-16)19-13-6-4-3-5-7-13/h12-14H,3-11H2,1-2H3,(H,19,20,21)/i3D. The fraction of sp³-hybridized carbons (Fsp3) is 0.765. The summed E-state index contributed by atoms with van der Waals surface area (Å²) in [7, 11) is 4.30. The maximum atomic E-state index is 7.80. The summed E-state index contributed by atoms with van der Waals surface area (Å²) in [5.41, 5.74) is 0. The molecule has 5 nitrogen and oxygen atoms in total. The van der Waals surface area contributed by atoms with Gasteiger partial charge in [0.25, 0.3) is 0 Å². The normalized spacial score (nSPS) is 27.1. The van der Waals surface area contributed by atoms with Crippen LogP contribution in [0.2, 0.25) is 5.15 Å². The molecule has 2 fully saturated rings. The van der Waals surface area contributed by atoms with Crippen LogP contribution in [-0.4, -0.2) is 54.1 Å². The van der Waals surface area contributed by atoms with Crippen molar-refractivity contribution in [1.82, 2.24) is 14.9 Å². The third-order valence-corrected chi connectivity index (χ3v) is 5.17. The average Bonchev–Trinajstić information content (AvgIpc) is 2.56. The van der Waals surface area contributed by atoms with Gasteiger partial charge >= 0.3 is 0 Å². The van der Waals surface area contributed by atoms with Gasteiger partial charge in [0, 0.05) is 32.6 Å². The third-order valence-electron chi connectivity index (χ3n) is 4.97. The van der Waals surface area contributed by atoms with Gasteiger partial charge in [-0.3, -0.25) is 0 Å². The minimum absolute atomic E-state index is 0.0943. The van der Waals surface area contributed by atoms with E-state index in [1.165, 1.54) is 0 Å². The zero-order chi connectivity index (χ0) is 17.1. The first-order chi connectivity index (χ1) is 11.5. The molecule has 6 heteroatoms. The summed E-state index contributed by atoms with van der Waals surface area (Å²) in [6, 6.07) is 2.87. The Hall–Kier alpha value is -1.07. The molecule has 0 bridgehead atoms. The van der Waals surface area contributed by atoms with Crippen LogP contribution in [0.3, 0.4) is 0 Å². The molecule has 128 valence electrons. The topological polar surface area (TPSA) is 44.3 Å². The van der Waals surface area contributed by atoms with Crippen molar-refractivity contribution in [2.24, 2.45) is 0 Å². The highest BCUT2D eigenvalue weighted by molar-refractivity contribution is 6.29. The zero-order valence-corrected chi connectivity index (χ0v) is 14.9. The highest BCUT2D eigenvalue weighted by atomic mass is 35.5. The van der Waals surface area contributed by atoms with Crippen LogP contribution >= 0.6 is 11.6 Å². The number of nitrogens with one attached hydrogen (secondary N) is 1. The summed E-state index contributed by atoms with van der Waals surface area (Å²) in [6.07, 6.45) is 6.29. The Bertz CT molecular complexity index is 540. The van der Waals surface area contributed by atoms with Crippen molar-refractivity contribution >= 4 is 23.4 Å². The van der Waals surface area contributed by atoms with Gasteiger partial charge in [0.15, 0.2) is 0 Å². The number of rotatable bonds is 4. The predicted octanol–water partition coefficient (Wildman–Crippen LogP) is 3.41. The lowest BCUT2D eigenvalue weighted by Gasteiger charge is -2.36. The lowest BCUT2D eigenvalue weighted by atomic mass is 9.96. The van der Waals surface area contributed by atoms with E-state index in [-0.39, 0.29) is 6.40 Å². The van der Waals surface area contributed by atoms with E-state index in [0.29, 0.717) is 23.2 Å². The summed E-state index contributed by atoms with van der Waals surface area (Å²) in [5.74, 6) is 1.55. The first kappa shape index (κ1) is 15.5. The number of nitrogens with zero attached hydrogens (tertiary/aromatic N) is 4. The number of aromatic nitrogens is 2. The van der Waals surface area contributed by atoms with Crippen LogP contribution in [0, 0.1) is 0 Å². The molecule has 1 aliphatic heterocycles. The molecule has 1 N–H and O–H groups in total. The fourth-order valence-corrected chi connectivity index (χ4v) is 3.67.